The second-order valence-electron chi connectivity index (χ2n) is 7.13. The highest BCUT2D eigenvalue weighted by Crippen LogP contribution is 2.29. The van der Waals surface area contributed by atoms with Crippen molar-refractivity contribution in [1.82, 2.24) is 14.9 Å². The average molecular weight is 406 g/mol. The number of anilines is 2. The number of nitrogens with zero attached hydrogens (tertiary/aromatic N) is 3. The Kier molecular flexibility index (Phi) is 5.99. The maximum Gasteiger partial charge on any atom is 0.227 e. The number of aromatic nitrogens is 2. The van der Waals surface area contributed by atoms with Gasteiger partial charge in [0.05, 0.1) is 32.7 Å². The molecule has 0 spiro atoms. The van der Waals surface area contributed by atoms with E-state index in [-0.39, 0.29) is 0 Å². The van der Waals surface area contributed by atoms with Crippen LogP contribution in [-0.4, -0.2) is 42.7 Å². The van der Waals surface area contributed by atoms with Gasteiger partial charge in [-0.25, -0.2) is 9.97 Å². The van der Waals surface area contributed by atoms with Crippen LogP contribution in [0.25, 0.3) is 0 Å². The van der Waals surface area contributed by atoms with E-state index >= 15 is 0 Å². The third-order valence-electron chi connectivity index (χ3n) is 5.25. The first-order valence-corrected chi connectivity index (χ1v) is 9.88. The molecular formula is C23H26N4O3. The predicted molar refractivity (Wildman–Crippen MR) is 116 cm³/mol. The third-order valence-corrected chi connectivity index (χ3v) is 5.25. The van der Waals surface area contributed by atoms with Crippen molar-refractivity contribution in [2.45, 2.75) is 19.5 Å². The molecule has 2 heterocycles. The second-order valence-corrected chi connectivity index (χ2v) is 7.13. The Morgan fingerprint density at radius 3 is 2.63 bits per heavy atom. The van der Waals surface area contributed by atoms with Gasteiger partial charge >= 0.3 is 0 Å². The molecule has 0 atom stereocenters. The molecule has 4 rings (SSSR count). The Morgan fingerprint density at radius 2 is 1.83 bits per heavy atom. The molecule has 2 aromatic carbocycles. The third kappa shape index (κ3) is 4.31. The van der Waals surface area contributed by atoms with E-state index in [1.54, 1.807) is 21.3 Å². The van der Waals surface area contributed by atoms with Gasteiger partial charge in [0.25, 0.3) is 0 Å². The van der Waals surface area contributed by atoms with Crippen LogP contribution in [0.5, 0.6) is 17.2 Å². The number of ether oxygens (including phenoxy) is 3. The maximum atomic E-state index is 5.52. The van der Waals surface area contributed by atoms with Crippen LogP contribution in [-0.2, 0) is 19.5 Å². The number of benzene rings is 2. The lowest BCUT2D eigenvalue weighted by Crippen LogP contribution is -2.31. The van der Waals surface area contributed by atoms with Crippen molar-refractivity contribution in [3.63, 3.8) is 0 Å². The zero-order chi connectivity index (χ0) is 20.9. The van der Waals surface area contributed by atoms with Crippen LogP contribution < -0.4 is 19.5 Å². The minimum Gasteiger partial charge on any atom is -0.497 e. The first-order chi connectivity index (χ1) is 14.7. The number of rotatable bonds is 7. The van der Waals surface area contributed by atoms with Crippen LogP contribution in [0.2, 0.25) is 0 Å². The van der Waals surface area contributed by atoms with E-state index in [9.17, 15) is 0 Å². The number of methoxy groups -OCH3 is 3. The van der Waals surface area contributed by atoms with Crippen molar-refractivity contribution in [2.75, 3.05) is 33.2 Å². The summed E-state index contributed by atoms with van der Waals surface area (Å²) in [7, 11) is 5.03. The summed E-state index contributed by atoms with van der Waals surface area (Å²) < 4.78 is 16.3. The van der Waals surface area contributed by atoms with Gasteiger partial charge in [0.2, 0.25) is 5.95 Å². The van der Waals surface area contributed by atoms with Gasteiger partial charge in [-0.15, -0.1) is 0 Å². The number of para-hydroxylation sites is 2. The molecule has 0 unspecified atom stereocenters. The summed E-state index contributed by atoms with van der Waals surface area (Å²) in [5, 5.41) is 3.26. The van der Waals surface area contributed by atoms with Gasteiger partial charge in [-0.05, 0) is 30.3 Å². The summed E-state index contributed by atoms with van der Waals surface area (Å²) in [6.07, 6.45) is 2.78. The van der Waals surface area contributed by atoms with E-state index in [1.165, 1.54) is 0 Å². The van der Waals surface area contributed by atoms with Gasteiger partial charge in [0, 0.05) is 43.4 Å². The normalized spacial score (nSPS) is 13.4. The van der Waals surface area contributed by atoms with E-state index in [1.807, 2.05) is 48.7 Å². The Bertz CT molecular complexity index is 1030. The minimum absolute atomic E-state index is 0.584. The monoisotopic (exact) mass is 406 g/mol. The molecule has 7 nitrogen and oxygen atoms in total. The van der Waals surface area contributed by atoms with Crippen molar-refractivity contribution in [2.24, 2.45) is 0 Å². The van der Waals surface area contributed by atoms with E-state index < -0.39 is 0 Å². The van der Waals surface area contributed by atoms with Crippen LogP contribution >= 0.6 is 0 Å². The van der Waals surface area contributed by atoms with Crippen LogP contribution in [0.3, 0.4) is 0 Å². The van der Waals surface area contributed by atoms with Gasteiger partial charge in [-0.1, -0.05) is 12.1 Å². The second kappa shape index (κ2) is 9.00. The van der Waals surface area contributed by atoms with Crippen LogP contribution in [0.4, 0.5) is 11.6 Å². The molecule has 156 valence electrons. The van der Waals surface area contributed by atoms with Crippen molar-refractivity contribution in [3.05, 3.63) is 65.5 Å². The first kappa shape index (κ1) is 20.0. The van der Waals surface area contributed by atoms with Crippen LogP contribution in [0.15, 0.2) is 48.7 Å². The molecular weight excluding hydrogens is 380 g/mol. The molecule has 1 aliphatic rings. The Labute approximate surface area is 176 Å². The summed E-state index contributed by atoms with van der Waals surface area (Å²) in [5.74, 6) is 3.05. The van der Waals surface area contributed by atoms with E-state index in [2.05, 4.69) is 15.2 Å². The highest BCUT2D eigenvalue weighted by Gasteiger charge is 2.20. The fraction of sp³-hybridized carbons (Fsp3) is 0.304. The van der Waals surface area contributed by atoms with Gasteiger partial charge in [-0.2, -0.15) is 0 Å². The fourth-order valence-corrected chi connectivity index (χ4v) is 3.68. The lowest BCUT2D eigenvalue weighted by atomic mass is 10.1. The van der Waals surface area contributed by atoms with E-state index in [0.29, 0.717) is 5.95 Å². The summed E-state index contributed by atoms with van der Waals surface area (Å²) in [6.45, 7) is 2.49. The van der Waals surface area contributed by atoms with Gasteiger partial charge < -0.3 is 19.5 Å². The molecule has 3 aromatic rings. The van der Waals surface area contributed by atoms with Crippen molar-refractivity contribution in [1.29, 1.82) is 0 Å². The molecule has 7 heteroatoms. The van der Waals surface area contributed by atoms with Gasteiger partial charge in [0.1, 0.15) is 17.2 Å². The average Bonchev–Trinajstić information content (AvgIpc) is 2.79. The molecule has 0 saturated carbocycles. The fourth-order valence-electron chi connectivity index (χ4n) is 3.68. The topological polar surface area (TPSA) is 68.7 Å². The van der Waals surface area contributed by atoms with Crippen molar-refractivity contribution >= 4 is 11.6 Å². The van der Waals surface area contributed by atoms with Crippen LogP contribution in [0.1, 0.15) is 16.8 Å². The molecule has 1 aliphatic heterocycles. The van der Waals surface area contributed by atoms with Crippen molar-refractivity contribution < 1.29 is 14.2 Å². The summed E-state index contributed by atoms with van der Waals surface area (Å²) in [4.78, 5) is 11.6. The molecule has 0 fully saturated rings. The number of hydrogen-bond acceptors (Lipinski definition) is 7. The van der Waals surface area contributed by atoms with E-state index in [0.717, 1.165) is 65.8 Å². The summed E-state index contributed by atoms with van der Waals surface area (Å²) in [5.41, 5.74) is 4.18. The smallest absolute Gasteiger partial charge is 0.227 e. The standard InChI is InChI=1S/C23H26N4O3/c1-28-18-8-9-21(29-2)16(12-18)14-27-11-10-19-17(15-27)13-24-23(25-19)26-20-6-4-5-7-22(20)30-3/h4-9,12-13H,10-11,14-15H2,1-3H3,(H,24,25,26). The quantitative estimate of drug-likeness (QED) is 0.640. The molecule has 0 radical (unpaired) electrons. The summed E-state index contributed by atoms with van der Waals surface area (Å²) in [6, 6.07) is 13.6. The number of nitrogens with one attached hydrogen (secondary N) is 1. The van der Waals surface area contributed by atoms with E-state index in [4.69, 9.17) is 19.2 Å². The molecule has 0 amide bonds. The predicted octanol–water partition coefficient (Wildman–Crippen LogP) is 3.80. The minimum atomic E-state index is 0.584. The molecule has 0 aliphatic carbocycles. The molecule has 1 aromatic heterocycles. The zero-order valence-electron chi connectivity index (χ0n) is 17.5. The first-order valence-electron chi connectivity index (χ1n) is 9.88. The highest BCUT2D eigenvalue weighted by molar-refractivity contribution is 5.62. The maximum absolute atomic E-state index is 5.52. The van der Waals surface area contributed by atoms with Crippen molar-refractivity contribution in [3.8, 4) is 17.2 Å². The Morgan fingerprint density at radius 1 is 1.00 bits per heavy atom. The molecule has 0 saturated heterocycles. The van der Waals surface area contributed by atoms with Gasteiger partial charge in [0.15, 0.2) is 0 Å². The zero-order valence-corrected chi connectivity index (χ0v) is 17.5. The Balaban J connectivity index is 1.48. The Hall–Kier alpha value is -3.32. The molecule has 0 bridgehead atoms. The summed E-state index contributed by atoms with van der Waals surface area (Å²) >= 11 is 0. The van der Waals surface area contributed by atoms with Crippen LogP contribution in [0, 0.1) is 0 Å². The number of fused-ring (bicyclic) bond motifs is 1. The van der Waals surface area contributed by atoms with Gasteiger partial charge in [-0.3, -0.25) is 4.90 Å². The largest absolute Gasteiger partial charge is 0.497 e. The lowest BCUT2D eigenvalue weighted by Gasteiger charge is -2.28. The SMILES string of the molecule is COc1ccc(OC)c(CN2CCc3nc(Nc4ccccc4OC)ncc3C2)c1. The molecule has 30 heavy (non-hydrogen) atoms. The lowest BCUT2D eigenvalue weighted by molar-refractivity contribution is 0.239. The highest BCUT2D eigenvalue weighted by atomic mass is 16.5. The number of hydrogen-bond donors (Lipinski definition) is 1. The molecule has 1 N–H and O–H groups in total.